The predicted octanol–water partition coefficient (Wildman–Crippen LogP) is 2.08. The number of carboxylic acids is 1. The Morgan fingerprint density at radius 2 is 2.36 bits per heavy atom. The maximum atomic E-state index is 12.4. The van der Waals surface area contributed by atoms with Crippen molar-refractivity contribution < 1.29 is 14.3 Å². The second-order valence-corrected chi connectivity index (χ2v) is 3.27. The molecule has 0 saturated carbocycles. The van der Waals surface area contributed by atoms with Crippen LogP contribution in [0.1, 0.15) is 17.7 Å². The Morgan fingerprint density at radius 3 is 2.73 bits per heavy atom. The second-order valence-electron chi connectivity index (χ2n) is 2.20. The lowest BCUT2D eigenvalue weighted by Gasteiger charge is -1.99. The lowest BCUT2D eigenvalue weighted by atomic mass is 10.1. The molecule has 1 unspecified atom stereocenters. The van der Waals surface area contributed by atoms with Crippen molar-refractivity contribution in [3.05, 3.63) is 22.1 Å². The number of thiophene rings is 1. The van der Waals surface area contributed by atoms with Crippen molar-refractivity contribution in [2.24, 2.45) is 0 Å². The van der Waals surface area contributed by atoms with Crippen molar-refractivity contribution in [1.29, 1.82) is 0 Å². The average Bonchev–Trinajstić information content (AvgIpc) is 2.34. The van der Waals surface area contributed by atoms with Gasteiger partial charge in [0.1, 0.15) is 0 Å². The van der Waals surface area contributed by atoms with E-state index in [-0.39, 0.29) is 5.13 Å². The summed E-state index contributed by atoms with van der Waals surface area (Å²) >= 11 is 0.877. The van der Waals surface area contributed by atoms with Gasteiger partial charge in [-0.1, -0.05) is 0 Å². The quantitative estimate of drug-likeness (QED) is 0.745. The second kappa shape index (κ2) is 3.00. The number of hydrogen-bond donors (Lipinski definition) is 1. The average molecular weight is 174 g/mol. The van der Waals surface area contributed by atoms with E-state index in [1.807, 2.05) is 0 Å². The van der Waals surface area contributed by atoms with Gasteiger partial charge in [-0.25, -0.2) is 0 Å². The smallest absolute Gasteiger partial charge is 0.311 e. The molecule has 60 valence electrons. The highest BCUT2D eigenvalue weighted by Crippen LogP contribution is 2.23. The summed E-state index contributed by atoms with van der Waals surface area (Å²) in [6.07, 6.45) is 0. The topological polar surface area (TPSA) is 37.3 Å². The van der Waals surface area contributed by atoms with E-state index in [2.05, 4.69) is 0 Å². The molecule has 0 saturated heterocycles. The summed E-state index contributed by atoms with van der Waals surface area (Å²) in [6.45, 7) is 1.54. The number of carbonyl (C=O) groups is 1. The first kappa shape index (κ1) is 8.20. The Morgan fingerprint density at radius 1 is 1.73 bits per heavy atom. The molecule has 0 bridgehead atoms. The fourth-order valence-electron chi connectivity index (χ4n) is 0.683. The summed E-state index contributed by atoms with van der Waals surface area (Å²) in [6, 6.07) is 2.78. The van der Waals surface area contributed by atoms with Gasteiger partial charge in [-0.15, -0.1) is 11.3 Å². The van der Waals surface area contributed by atoms with Gasteiger partial charge in [0.2, 0.25) is 0 Å². The number of halogens is 1. The van der Waals surface area contributed by atoms with Crippen LogP contribution in [-0.4, -0.2) is 11.1 Å². The molecule has 1 aromatic rings. The molecule has 11 heavy (non-hydrogen) atoms. The first-order chi connectivity index (χ1) is 5.11. The predicted molar refractivity (Wildman–Crippen MR) is 40.3 cm³/mol. The fourth-order valence-corrected chi connectivity index (χ4v) is 1.46. The first-order valence-corrected chi connectivity index (χ1v) is 3.91. The highest BCUT2D eigenvalue weighted by molar-refractivity contribution is 7.10. The lowest BCUT2D eigenvalue weighted by molar-refractivity contribution is -0.138. The molecule has 0 radical (unpaired) electrons. The molecule has 0 aliphatic carbocycles. The van der Waals surface area contributed by atoms with Gasteiger partial charge in [-0.2, -0.15) is 4.39 Å². The minimum atomic E-state index is -0.924. The van der Waals surface area contributed by atoms with Gasteiger partial charge in [0.15, 0.2) is 5.13 Å². The molecule has 0 aliphatic rings. The van der Waals surface area contributed by atoms with E-state index >= 15 is 0 Å². The molecule has 1 rings (SSSR count). The van der Waals surface area contributed by atoms with Crippen molar-refractivity contribution in [2.45, 2.75) is 12.8 Å². The van der Waals surface area contributed by atoms with Crippen LogP contribution >= 0.6 is 11.3 Å². The molecule has 0 spiro atoms. The molecule has 2 nitrogen and oxygen atoms in total. The van der Waals surface area contributed by atoms with E-state index < -0.39 is 11.9 Å². The maximum absolute atomic E-state index is 12.4. The molecule has 0 amide bonds. The highest BCUT2D eigenvalue weighted by atomic mass is 32.1. The molecule has 1 atom stereocenters. The van der Waals surface area contributed by atoms with Crippen LogP contribution < -0.4 is 0 Å². The zero-order valence-corrected chi connectivity index (χ0v) is 6.69. The SMILES string of the molecule is CC(C(=O)O)c1ccc(F)s1. The van der Waals surface area contributed by atoms with Crippen LogP contribution in [0.5, 0.6) is 0 Å². The van der Waals surface area contributed by atoms with Gasteiger partial charge in [0.25, 0.3) is 0 Å². The summed E-state index contributed by atoms with van der Waals surface area (Å²) in [5.74, 6) is -1.53. The van der Waals surface area contributed by atoms with Gasteiger partial charge in [0, 0.05) is 4.88 Å². The lowest BCUT2D eigenvalue weighted by Crippen LogP contribution is -2.04. The van der Waals surface area contributed by atoms with Crippen molar-refractivity contribution in [2.75, 3.05) is 0 Å². The van der Waals surface area contributed by atoms with Crippen LogP contribution in [0.25, 0.3) is 0 Å². The fraction of sp³-hybridized carbons (Fsp3) is 0.286. The van der Waals surface area contributed by atoms with Crippen LogP contribution in [0.15, 0.2) is 12.1 Å². The molecule has 1 N–H and O–H groups in total. The van der Waals surface area contributed by atoms with Crippen molar-refractivity contribution in [3.63, 3.8) is 0 Å². The number of aliphatic carboxylic acids is 1. The van der Waals surface area contributed by atoms with Crippen molar-refractivity contribution >= 4 is 17.3 Å². The zero-order chi connectivity index (χ0) is 8.43. The van der Waals surface area contributed by atoms with Gasteiger partial charge < -0.3 is 5.11 Å². The Kier molecular flexibility index (Phi) is 2.24. The number of rotatable bonds is 2. The molecular formula is C7H7FO2S. The third-order valence-electron chi connectivity index (χ3n) is 1.39. The Labute approximate surface area is 67.3 Å². The highest BCUT2D eigenvalue weighted by Gasteiger charge is 2.15. The van der Waals surface area contributed by atoms with Crippen LogP contribution in [0.3, 0.4) is 0 Å². The van der Waals surface area contributed by atoms with Gasteiger partial charge in [0.05, 0.1) is 5.92 Å². The molecule has 1 heterocycles. The Bertz CT molecular complexity index is 269. The van der Waals surface area contributed by atoms with Gasteiger partial charge >= 0.3 is 5.97 Å². The molecule has 1 aromatic heterocycles. The standard InChI is InChI=1S/C7H7FO2S/c1-4(7(9)10)5-2-3-6(8)11-5/h2-4H,1H3,(H,9,10). The Balaban J connectivity index is 2.84. The summed E-state index contributed by atoms with van der Waals surface area (Å²) in [4.78, 5) is 10.9. The summed E-state index contributed by atoms with van der Waals surface area (Å²) in [5, 5.41) is 8.19. The van der Waals surface area contributed by atoms with E-state index in [0.29, 0.717) is 4.88 Å². The van der Waals surface area contributed by atoms with Crippen LogP contribution in [0.2, 0.25) is 0 Å². The van der Waals surface area contributed by atoms with E-state index in [1.165, 1.54) is 19.1 Å². The monoisotopic (exact) mass is 174 g/mol. The molecular weight excluding hydrogens is 167 g/mol. The first-order valence-electron chi connectivity index (χ1n) is 3.09. The van der Waals surface area contributed by atoms with Crippen LogP contribution in [0, 0.1) is 5.13 Å². The van der Waals surface area contributed by atoms with E-state index in [9.17, 15) is 9.18 Å². The Hall–Kier alpha value is -0.900. The summed E-state index contributed by atoms with van der Waals surface area (Å²) < 4.78 is 12.4. The van der Waals surface area contributed by atoms with Crippen LogP contribution in [-0.2, 0) is 4.79 Å². The molecule has 4 heteroatoms. The van der Waals surface area contributed by atoms with Crippen molar-refractivity contribution in [1.82, 2.24) is 0 Å². The summed E-state index contributed by atoms with van der Waals surface area (Å²) in [5.41, 5.74) is 0. The zero-order valence-electron chi connectivity index (χ0n) is 5.87. The summed E-state index contributed by atoms with van der Waals surface area (Å²) in [7, 11) is 0. The minimum absolute atomic E-state index is 0.340. The minimum Gasteiger partial charge on any atom is -0.481 e. The molecule has 0 fully saturated rings. The third kappa shape index (κ3) is 1.77. The third-order valence-corrected chi connectivity index (χ3v) is 2.45. The largest absolute Gasteiger partial charge is 0.481 e. The van der Waals surface area contributed by atoms with E-state index in [1.54, 1.807) is 0 Å². The number of carboxylic acid groups (broad SMARTS) is 1. The number of hydrogen-bond acceptors (Lipinski definition) is 2. The molecule has 0 aliphatic heterocycles. The maximum Gasteiger partial charge on any atom is 0.311 e. The normalized spacial score (nSPS) is 12.9. The van der Waals surface area contributed by atoms with E-state index in [0.717, 1.165) is 11.3 Å². The van der Waals surface area contributed by atoms with Gasteiger partial charge in [-0.05, 0) is 19.1 Å². The van der Waals surface area contributed by atoms with E-state index in [4.69, 9.17) is 5.11 Å². The van der Waals surface area contributed by atoms with Gasteiger partial charge in [-0.3, -0.25) is 4.79 Å². The van der Waals surface area contributed by atoms with Crippen molar-refractivity contribution in [3.8, 4) is 0 Å². The molecule has 0 aromatic carbocycles. The van der Waals surface area contributed by atoms with Crippen LogP contribution in [0.4, 0.5) is 4.39 Å².